The Morgan fingerprint density at radius 1 is 0.727 bits per heavy atom. The van der Waals surface area contributed by atoms with E-state index in [4.69, 9.17) is 14.2 Å². The molecule has 0 fully saturated rings. The average molecular weight is 444 g/mol. The van der Waals surface area contributed by atoms with Crippen molar-refractivity contribution in [2.45, 2.75) is 6.92 Å². The van der Waals surface area contributed by atoms with Crippen molar-refractivity contribution in [3.05, 3.63) is 83.6 Å². The van der Waals surface area contributed by atoms with Crippen LogP contribution in [0.2, 0.25) is 0 Å². The van der Waals surface area contributed by atoms with Crippen molar-refractivity contribution in [1.29, 1.82) is 0 Å². The summed E-state index contributed by atoms with van der Waals surface area (Å²) in [6.07, 6.45) is 0. The van der Waals surface area contributed by atoms with Gasteiger partial charge in [-0.15, -0.1) is 0 Å². The first-order chi connectivity index (χ1) is 16.0. The zero-order valence-corrected chi connectivity index (χ0v) is 18.8. The predicted molar refractivity (Wildman–Crippen MR) is 127 cm³/mol. The number of hydrogen-bond acceptors (Lipinski definition) is 6. The van der Waals surface area contributed by atoms with E-state index in [1.807, 2.05) is 19.1 Å². The van der Waals surface area contributed by atoms with Crippen LogP contribution in [0, 0.1) is 6.92 Å². The van der Waals surface area contributed by atoms with Gasteiger partial charge in [-0.05, 0) is 36.2 Å². The van der Waals surface area contributed by atoms with E-state index in [0.717, 1.165) is 5.56 Å². The summed E-state index contributed by atoms with van der Waals surface area (Å²) in [7, 11) is 4.66. The molecule has 0 atom stereocenters. The van der Waals surface area contributed by atoms with E-state index in [1.165, 1.54) is 4.90 Å². The van der Waals surface area contributed by atoms with Gasteiger partial charge in [0.25, 0.3) is 11.8 Å². The fourth-order valence-corrected chi connectivity index (χ4v) is 3.73. The Balaban J connectivity index is 1.84. The minimum Gasteiger partial charge on any atom is -0.497 e. The number of rotatable bonds is 7. The molecule has 3 aromatic carbocycles. The van der Waals surface area contributed by atoms with E-state index in [2.05, 4.69) is 5.32 Å². The maximum absolute atomic E-state index is 13.6. The lowest BCUT2D eigenvalue weighted by atomic mass is 10.0. The number of nitrogens with zero attached hydrogens (tertiary/aromatic N) is 1. The molecule has 0 radical (unpaired) electrons. The van der Waals surface area contributed by atoms with E-state index >= 15 is 0 Å². The van der Waals surface area contributed by atoms with Crippen LogP contribution in [0.5, 0.6) is 17.2 Å². The average Bonchev–Trinajstić information content (AvgIpc) is 3.08. The number of carbonyl (C=O) groups excluding carboxylic acids is 2. The van der Waals surface area contributed by atoms with Crippen LogP contribution in [-0.2, 0) is 9.59 Å². The molecule has 0 aliphatic carbocycles. The molecule has 7 heteroatoms. The highest BCUT2D eigenvalue weighted by Crippen LogP contribution is 2.36. The normalized spacial score (nSPS) is 13.4. The van der Waals surface area contributed by atoms with Crippen LogP contribution < -0.4 is 24.4 Å². The predicted octanol–water partition coefficient (Wildman–Crippen LogP) is 4.42. The van der Waals surface area contributed by atoms with Crippen LogP contribution in [-0.4, -0.2) is 33.1 Å². The summed E-state index contributed by atoms with van der Waals surface area (Å²) >= 11 is 0. The van der Waals surface area contributed by atoms with Gasteiger partial charge >= 0.3 is 0 Å². The third-order valence-electron chi connectivity index (χ3n) is 5.44. The Morgan fingerprint density at radius 2 is 1.33 bits per heavy atom. The SMILES string of the molecule is COc1ccc(C2=C(Nc3cc(OC)cc(OC)c3)C(=O)N(c3ccccc3C)C2=O)cc1. The summed E-state index contributed by atoms with van der Waals surface area (Å²) in [5.74, 6) is 0.907. The molecule has 7 nitrogen and oxygen atoms in total. The zero-order chi connectivity index (χ0) is 23.5. The van der Waals surface area contributed by atoms with Crippen molar-refractivity contribution in [2.75, 3.05) is 31.5 Å². The molecule has 3 aromatic rings. The second-order valence-electron chi connectivity index (χ2n) is 7.44. The Bertz CT molecular complexity index is 1230. The fraction of sp³-hybridized carbons (Fsp3) is 0.154. The third kappa shape index (κ3) is 4.13. The zero-order valence-electron chi connectivity index (χ0n) is 18.8. The number of ether oxygens (including phenoxy) is 3. The van der Waals surface area contributed by atoms with Gasteiger partial charge in [0.2, 0.25) is 0 Å². The molecule has 1 heterocycles. The van der Waals surface area contributed by atoms with Gasteiger partial charge in [0.1, 0.15) is 22.9 Å². The maximum Gasteiger partial charge on any atom is 0.282 e. The van der Waals surface area contributed by atoms with Crippen LogP contribution >= 0.6 is 0 Å². The standard InChI is InChI=1S/C26H24N2O5/c1-16-7-5-6-8-22(16)28-25(29)23(17-9-11-19(31-2)12-10-17)24(26(28)30)27-18-13-20(32-3)15-21(14-18)33-4/h5-15,27H,1-4H3. The number of para-hydroxylation sites is 1. The summed E-state index contributed by atoms with van der Waals surface area (Å²) in [5, 5.41) is 3.14. The topological polar surface area (TPSA) is 77.1 Å². The number of carbonyl (C=O) groups is 2. The molecule has 0 aromatic heterocycles. The number of imide groups is 1. The van der Waals surface area contributed by atoms with Gasteiger partial charge < -0.3 is 19.5 Å². The van der Waals surface area contributed by atoms with Crippen molar-refractivity contribution in [2.24, 2.45) is 0 Å². The third-order valence-corrected chi connectivity index (χ3v) is 5.44. The van der Waals surface area contributed by atoms with Gasteiger partial charge in [0, 0.05) is 23.9 Å². The lowest BCUT2D eigenvalue weighted by Gasteiger charge is -2.18. The van der Waals surface area contributed by atoms with Crippen molar-refractivity contribution in [3.63, 3.8) is 0 Å². The fourth-order valence-electron chi connectivity index (χ4n) is 3.73. The van der Waals surface area contributed by atoms with Gasteiger partial charge in [-0.25, -0.2) is 4.90 Å². The Labute approximate surface area is 192 Å². The molecule has 33 heavy (non-hydrogen) atoms. The van der Waals surface area contributed by atoms with E-state index in [0.29, 0.717) is 34.2 Å². The lowest BCUT2D eigenvalue weighted by Crippen LogP contribution is -2.33. The van der Waals surface area contributed by atoms with Crippen molar-refractivity contribution < 1.29 is 23.8 Å². The minimum atomic E-state index is -0.443. The first kappa shape index (κ1) is 22.0. The smallest absolute Gasteiger partial charge is 0.282 e. The highest BCUT2D eigenvalue weighted by molar-refractivity contribution is 6.46. The van der Waals surface area contributed by atoms with Crippen molar-refractivity contribution in [3.8, 4) is 17.2 Å². The monoisotopic (exact) mass is 444 g/mol. The van der Waals surface area contributed by atoms with Gasteiger partial charge in [0.05, 0.1) is 32.6 Å². The Hall–Kier alpha value is -4.26. The van der Waals surface area contributed by atoms with Crippen LogP contribution in [0.3, 0.4) is 0 Å². The van der Waals surface area contributed by atoms with Crippen LogP contribution in [0.15, 0.2) is 72.4 Å². The largest absolute Gasteiger partial charge is 0.497 e. The van der Waals surface area contributed by atoms with Crippen molar-refractivity contribution in [1.82, 2.24) is 0 Å². The Kier molecular flexibility index (Phi) is 6.04. The number of anilines is 2. The summed E-state index contributed by atoms with van der Waals surface area (Å²) in [5.41, 5.74) is 2.95. The first-order valence-electron chi connectivity index (χ1n) is 10.3. The summed E-state index contributed by atoms with van der Waals surface area (Å²) in [4.78, 5) is 28.4. The summed E-state index contributed by atoms with van der Waals surface area (Å²) in [6.45, 7) is 1.86. The van der Waals surface area contributed by atoms with Crippen LogP contribution in [0.4, 0.5) is 11.4 Å². The number of aryl methyl sites for hydroxylation is 1. The van der Waals surface area contributed by atoms with E-state index in [9.17, 15) is 9.59 Å². The number of benzene rings is 3. The second-order valence-corrected chi connectivity index (χ2v) is 7.44. The van der Waals surface area contributed by atoms with E-state index < -0.39 is 11.8 Å². The molecular formula is C26H24N2O5. The number of nitrogens with one attached hydrogen (secondary N) is 1. The molecule has 0 unspecified atom stereocenters. The number of amides is 2. The Morgan fingerprint density at radius 3 is 1.91 bits per heavy atom. The maximum atomic E-state index is 13.6. The molecule has 1 aliphatic rings. The molecule has 4 rings (SSSR count). The highest BCUT2D eigenvalue weighted by atomic mass is 16.5. The van der Waals surface area contributed by atoms with Gasteiger partial charge in [-0.1, -0.05) is 30.3 Å². The molecule has 2 amide bonds. The molecule has 0 bridgehead atoms. The molecule has 0 saturated carbocycles. The molecule has 0 spiro atoms. The number of methoxy groups -OCH3 is 3. The molecule has 0 saturated heterocycles. The quantitative estimate of drug-likeness (QED) is 0.544. The van der Waals surface area contributed by atoms with Crippen LogP contribution in [0.1, 0.15) is 11.1 Å². The van der Waals surface area contributed by atoms with Gasteiger partial charge in [0.15, 0.2) is 0 Å². The van der Waals surface area contributed by atoms with Gasteiger partial charge in [-0.2, -0.15) is 0 Å². The minimum absolute atomic E-state index is 0.170. The summed E-state index contributed by atoms with van der Waals surface area (Å²) < 4.78 is 15.9. The molecule has 168 valence electrons. The summed E-state index contributed by atoms with van der Waals surface area (Å²) in [6, 6.07) is 19.5. The molecule has 1 N–H and O–H groups in total. The van der Waals surface area contributed by atoms with Gasteiger partial charge in [-0.3, -0.25) is 9.59 Å². The lowest BCUT2D eigenvalue weighted by molar-refractivity contribution is -0.120. The first-order valence-corrected chi connectivity index (χ1v) is 10.3. The second kappa shape index (κ2) is 9.08. The van der Waals surface area contributed by atoms with Crippen molar-refractivity contribution >= 4 is 28.8 Å². The molecule has 1 aliphatic heterocycles. The number of hydrogen-bond donors (Lipinski definition) is 1. The highest BCUT2D eigenvalue weighted by Gasteiger charge is 2.40. The van der Waals surface area contributed by atoms with E-state index in [1.54, 1.807) is 75.9 Å². The van der Waals surface area contributed by atoms with E-state index in [-0.39, 0.29) is 11.3 Å². The molecular weight excluding hydrogens is 420 g/mol. The van der Waals surface area contributed by atoms with Crippen LogP contribution in [0.25, 0.3) is 5.57 Å².